The fourth-order valence-electron chi connectivity index (χ4n) is 4.93. The molecule has 2 aliphatic rings. The van der Waals surface area contributed by atoms with E-state index in [1.54, 1.807) is 0 Å². The van der Waals surface area contributed by atoms with E-state index < -0.39 is 0 Å². The summed E-state index contributed by atoms with van der Waals surface area (Å²) in [6, 6.07) is 2.04. The van der Waals surface area contributed by atoms with Crippen LogP contribution in [0.3, 0.4) is 0 Å². The second-order valence-electron chi connectivity index (χ2n) is 8.36. The lowest BCUT2D eigenvalue weighted by atomic mass is 9.60. The van der Waals surface area contributed by atoms with Crippen molar-refractivity contribution in [1.82, 2.24) is 0 Å². The SMILES string of the molecule is C=C1C2=C(C(C)=CCC2CC=CC)C(C)(C)c2cc(C)c(F)c(/C=C\C)c21. The fraction of sp³-hybridized carbons (Fsp3) is 0.385. The maximum atomic E-state index is 15.1. The number of benzene rings is 1. The Labute approximate surface area is 163 Å². The molecule has 2 aliphatic carbocycles. The lowest BCUT2D eigenvalue weighted by Crippen LogP contribution is -2.32. The van der Waals surface area contributed by atoms with Crippen LogP contribution < -0.4 is 0 Å². The maximum Gasteiger partial charge on any atom is 0.133 e. The van der Waals surface area contributed by atoms with Crippen LogP contribution in [0.5, 0.6) is 0 Å². The summed E-state index contributed by atoms with van der Waals surface area (Å²) in [5.74, 6) is 0.281. The van der Waals surface area contributed by atoms with Gasteiger partial charge < -0.3 is 0 Å². The molecule has 0 fully saturated rings. The summed E-state index contributed by atoms with van der Waals surface area (Å²) in [7, 11) is 0. The Morgan fingerprint density at radius 3 is 2.56 bits per heavy atom. The summed E-state index contributed by atoms with van der Waals surface area (Å²) in [4.78, 5) is 0. The first-order chi connectivity index (χ1) is 12.8. The summed E-state index contributed by atoms with van der Waals surface area (Å²) in [5, 5.41) is 0. The van der Waals surface area contributed by atoms with Crippen molar-refractivity contribution in [3.63, 3.8) is 0 Å². The Hall–Kier alpha value is -2.15. The van der Waals surface area contributed by atoms with E-state index in [9.17, 15) is 0 Å². The van der Waals surface area contributed by atoms with Crippen molar-refractivity contribution in [3.05, 3.63) is 81.7 Å². The average molecular weight is 363 g/mol. The number of aryl methyl sites for hydroxylation is 1. The number of halogens is 1. The van der Waals surface area contributed by atoms with Crippen molar-refractivity contribution in [2.45, 2.75) is 59.8 Å². The molecule has 0 aromatic heterocycles. The number of rotatable bonds is 3. The van der Waals surface area contributed by atoms with Gasteiger partial charge in [-0.2, -0.15) is 0 Å². The molecule has 0 saturated heterocycles. The molecule has 0 radical (unpaired) electrons. The van der Waals surface area contributed by atoms with Gasteiger partial charge in [0.1, 0.15) is 5.82 Å². The zero-order chi connectivity index (χ0) is 19.9. The van der Waals surface area contributed by atoms with Gasteiger partial charge in [-0.3, -0.25) is 0 Å². The molecular weight excluding hydrogens is 331 g/mol. The summed E-state index contributed by atoms with van der Waals surface area (Å²) in [6.07, 6.45) is 12.6. The van der Waals surface area contributed by atoms with E-state index in [0.717, 1.165) is 24.0 Å². The van der Waals surface area contributed by atoms with E-state index >= 15 is 4.39 Å². The molecule has 0 heterocycles. The quantitative estimate of drug-likeness (QED) is 0.483. The normalized spacial score (nSPS) is 21.7. The molecule has 3 rings (SSSR count). The predicted molar refractivity (Wildman–Crippen MR) is 116 cm³/mol. The summed E-state index contributed by atoms with van der Waals surface area (Å²) < 4.78 is 15.1. The minimum atomic E-state index is -0.171. The Kier molecular flexibility index (Phi) is 5.16. The van der Waals surface area contributed by atoms with Crippen LogP contribution in [0.15, 0.2) is 53.7 Å². The van der Waals surface area contributed by atoms with Gasteiger partial charge in [-0.05, 0) is 79.9 Å². The van der Waals surface area contributed by atoms with Crippen LogP contribution >= 0.6 is 0 Å². The molecule has 1 unspecified atom stereocenters. The second-order valence-corrected chi connectivity index (χ2v) is 8.36. The molecule has 27 heavy (non-hydrogen) atoms. The Morgan fingerprint density at radius 1 is 1.22 bits per heavy atom. The van der Waals surface area contributed by atoms with E-state index in [-0.39, 0.29) is 11.2 Å². The monoisotopic (exact) mass is 362 g/mol. The van der Waals surface area contributed by atoms with Gasteiger partial charge in [0.2, 0.25) is 0 Å². The lowest BCUT2D eigenvalue weighted by molar-refractivity contribution is 0.551. The lowest BCUT2D eigenvalue weighted by Gasteiger charge is -2.44. The Morgan fingerprint density at radius 2 is 1.93 bits per heavy atom. The van der Waals surface area contributed by atoms with Crippen molar-refractivity contribution in [2.24, 2.45) is 5.92 Å². The number of hydrogen-bond donors (Lipinski definition) is 0. The first-order valence-electron chi connectivity index (χ1n) is 9.94. The van der Waals surface area contributed by atoms with Crippen molar-refractivity contribution < 1.29 is 4.39 Å². The second kappa shape index (κ2) is 7.11. The third-order valence-electron chi connectivity index (χ3n) is 6.18. The van der Waals surface area contributed by atoms with E-state index in [1.165, 1.54) is 22.3 Å². The molecule has 0 saturated carbocycles. The zero-order valence-corrected chi connectivity index (χ0v) is 17.5. The molecule has 0 aliphatic heterocycles. The minimum absolute atomic E-state index is 0.124. The third-order valence-corrected chi connectivity index (χ3v) is 6.18. The highest BCUT2D eigenvalue weighted by atomic mass is 19.1. The van der Waals surface area contributed by atoms with E-state index in [4.69, 9.17) is 0 Å². The van der Waals surface area contributed by atoms with Gasteiger partial charge in [0, 0.05) is 11.0 Å². The fourth-order valence-corrected chi connectivity index (χ4v) is 4.93. The maximum absolute atomic E-state index is 15.1. The van der Waals surface area contributed by atoms with E-state index in [1.807, 2.05) is 32.1 Å². The predicted octanol–water partition coefficient (Wildman–Crippen LogP) is 7.70. The van der Waals surface area contributed by atoms with Gasteiger partial charge in [0.15, 0.2) is 0 Å². The van der Waals surface area contributed by atoms with Gasteiger partial charge in [-0.15, -0.1) is 0 Å². The standard InChI is InChI=1S/C26H31F/c1-8-10-12-19-14-13-16(3)24-22(19)18(5)23-20(11-9-2)25(27)17(4)15-21(23)26(24,6)7/h8-11,13,15,19H,5,12,14H2,1-4,6-7H3/b10-8?,11-9-. The first kappa shape index (κ1) is 19.6. The molecule has 1 aromatic rings. The topological polar surface area (TPSA) is 0 Å². The third kappa shape index (κ3) is 2.98. The molecule has 0 amide bonds. The van der Waals surface area contributed by atoms with Gasteiger partial charge in [-0.1, -0.05) is 62.4 Å². The minimum Gasteiger partial charge on any atom is -0.206 e. The van der Waals surface area contributed by atoms with Crippen LogP contribution in [0.4, 0.5) is 4.39 Å². The van der Waals surface area contributed by atoms with Crippen molar-refractivity contribution >= 4 is 11.6 Å². The van der Waals surface area contributed by atoms with Crippen molar-refractivity contribution in [1.29, 1.82) is 0 Å². The van der Waals surface area contributed by atoms with Crippen LogP contribution in [-0.4, -0.2) is 0 Å². The number of hydrogen-bond acceptors (Lipinski definition) is 0. The highest BCUT2D eigenvalue weighted by molar-refractivity contribution is 5.91. The Balaban J connectivity index is 2.35. The van der Waals surface area contributed by atoms with Crippen LogP contribution in [0, 0.1) is 18.7 Å². The molecule has 1 atom stereocenters. The van der Waals surface area contributed by atoms with Crippen LogP contribution in [0.2, 0.25) is 0 Å². The van der Waals surface area contributed by atoms with Crippen LogP contribution in [-0.2, 0) is 5.41 Å². The smallest absolute Gasteiger partial charge is 0.133 e. The largest absolute Gasteiger partial charge is 0.206 e. The molecule has 142 valence electrons. The van der Waals surface area contributed by atoms with E-state index in [2.05, 4.69) is 52.5 Å². The van der Waals surface area contributed by atoms with Gasteiger partial charge in [0.05, 0.1) is 0 Å². The average Bonchev–Trinajstić information content (AvgIpc) is 2.62. The molecule has 0 nitrogen and oxygen atoms in total. The summed E-state index contributed by atoms with van der Waals surface area (Å²) >= 11 is 0. The molecule has 1 heteroatoms. The molecule has 1 aromatic carbocycles. The van der Waals surface area contributed by atoms with Crippen LogP contribution in [0.25, 0.3) is 11.6 Å². The number of allylic oxidation sites excluding steroid dienone is 8. The first-order valence-corrected chi connectivity index (χ1v) is 9.94. The van der Waals surface area contributed by atoms with Crippen molar-refractivity contribution in [2.75, 3.05) is 0 Å². The molecular formula is C26H31F. The van der Waals surface area contributed by atoms with E-state index in [0.29, 0.717) is 17.0 Å². The van der Waals surface area contributed by atoms with Gasteiger partial charge >= 0.3 is 0 Å². The summed E-state index contributed by atoms with van der Waals surface area (Å²) in [6.45, 7) is 17.1. The molecule has 0 spiro atoms. The van der Waals surface area contributed by atoms with Crippen molar-refractivity contribution in [3.8, 4) is 0 Å². The van der Waals surface area contributed by atoms with Gasteiger partial charge in [0.25, 0.3) is 0 Å². The van der Waals surface area contributed by atoms with Gasteiger partial charge in [-0.25, -0.2) is 4.39 Å². The highest BCUT2D eigenvalue weighted by Crippen LogP contribution is 2.54. The summed E-state index contributed by atoms with van der Waals surface area (Å²) in [5.41, 5.74) is 8.48. The Bertz CT molecular complexity index is 914. The zero-order valence-electron chi connectivity index (χ0n) is 17.5. The highest BCUT2D eigenvalue weighted by Gasteiger charge is 2.41. The molecule has 0 bridgehead atoms. The molecule has 0 N–H and O–H groups in total. The van der Waals surface area contributed by atoms with Crippen LogP contribution in [0.1, 0.15) is 69.7 Å². The number of fused-ring (bicyclic) bond motifs is 1.